The summed E-state index contributed by atoms with van der Waals surface area (Å²) in [6, 6.07) is 19.4. The molecule has 1 saturated heterocycles. The Morgan fingerprint density at radius 3 is 2.15 bits per heavy atom. The van der Waals surface area contributed by atoms with E-state index in [0.717, 1.165) is 10.0 Å². The zero-order chi connectivity index (χ0) is 23.4. The molecule has 3 amide bonds. The second-order valence-corrected chi connectivity index (χ2v) is 8.91. The van der Waals surface area contributed by atoms with Crippen molar-refractivity contribution in [1.29, 1.82) is 0 Å². The standard InChI is InChI=1S/C25H23BrFN3O3/c26-19-8-6-18(7-9-19)25(33)12-14-30(15-13-25)24(32)29-22-3-1-2-21(16-22)28-23(31)17-4-10-20(27)11-5-17/h1-11,16,33H,12-15H2,(H,28,31)(H,29,32). The molecule has 8 heteroatoms. The number of hydrogen-bond acceptors (Lipinski definition) is 3. The van der Waals surface area contributed by atoms with Gasteiger partial charge < -0.3 is 20.6 Å². The van der Waals surface area contributed by atoms with E-state index in [9.17, 15) is 19.1 Å². The van der Waals surface area contributed by atoms with Gasteiger partial charge in [-0.1, -0.05) is 34.1 Å². The number of rotatable bonds is 4. The summed E-state index contributed by atoms with van der Waals surface area (Å²) in [6.07, 6.45) is 0.881. The van der Waals surface area contributed by atoms with Crippen LogP contribution in [0.4, 0.5) is 20.6 Å². The first-order valence-electron chi connectivity index (χ1n) is 10.5. The number of halogens is 2. The number of anilines is 2. The van der Waals surface area contributed by atoms with E-state index < -0.39 is 11.4 Å². The highest BCUT2D eigenvalue weighted by molar-refractivity contribution is 9.10. The van der Waals surface area contributed by atoms with Crippen LogP contribution in [-0.4, -0.2) is 35.0 Å². The first-order chi connectivity index (χ1) is 15.8. The smallest absolute Gasteiger partial charge is 0.321 e. The minimum absolute atomic E-state index is 0.269. The van der Waals surface area contributed by atoms with Crippen LogP contribution in [0.25, 0.3) is 0 Å². The molecule has 0 radical (unpaired) electrons. The van der Waals surface area contributed by atoms with Crippen LogP contribution >= 0.6 is 15.9 Å². The predicted octanol–water partition coefficient (Wildman–Crippen LogP) is 5.36. The van der Waals surface area contributed by atoms with Gasteiger partial charge in [0.25, 0.3) is 5.91 Å². The molecule has 3 N–H and O–H groups in total. The fourth-order valence-electron chi connectivity index (χ4n) is 3.81. The maximum Gasteiger partial charge on any atom is 0.321 e. The minimum atomic E-state index is -0.956. The Morgan fingerprint density at radius 1 is 0.909 bits per heavy atom. The number of amides is 3. The van der Waals surface area contributed by atoms with Crippen LogP contribution in [0.15, 0.2) is 77.3 Å². The Morgan fingerprint density at radius 2 is 1.52 bits per heavy atom. The van der Waals surface area contributed by atoms with Crippen molar-refractivity contribution in [2.45, 2.75) is 18.4 Å². The maximum absolute atomic E-state index is 13.1. The number of nitrogens with zero attached hydrogens (tertiary/aromatic N) is 1. The van der Waals surface area contributed by atoms with Gasteiger partial charge >= 0.3 is 6.03 Å². The average Bonchev–Trinajstić information content (AvgIpc) is 2.80. The molecule has 3 aromatic rings. The van der Waals surface area contributed by atoms with Gasteiger partial charge in [0, 0.05) is 34.5 Å². The average molecular weight is 512 g/mol. The van der Waals surface area contributed by atoms with E-state index in [0.29, 0.717) is 42.9 Å². The lowest BCUT2D eigenvalue weighted by Crippen LogP contribution is -2.46. The molecule has 0 saturated carbocycles. The molecule has 0 unspecified atom stereocenters. The van der Waals surface area contributed by atoms with Crippen molar-refractivity contribution < 1.29 is 19.1 Å². The van der Waals surface area contributed by atoms with Crippen LogP contribution in [0.1, 0.15) is 28.8 Å². The summed E-state index contributed by atoms with van der Waals surface area (Å²) < 4.78 is 14.0. The summed E-state index contributed by atoms with van der Waals surface area (Å²) in [4.78, 5) is 26.8. The second-order valence-electron chi connectivity index (χ2n) is 8.00. The molecule has 1 heterocycles. The van der Waals surface area contributed by atoms with E-state index in [4.69, 9.17) is 0 Å². The molecule has 0 bridgehead atoms. The third kappa shape index (κ3) is 5.58. The quantitative estimate of drug-likeness (QED) is 0.441. The maximum atomic E-state index is 13.1. The van der Waals surface area contributed by atoms with Gasteiger partial charge in [-0.3, -0.25) is 4.79 Å². The van der Waals surface area contributed by atoms with Gasteiger partial charge in [0.05, 0.1) is 5.60 Å². The number of likely N-dealkylation sites (tertiary alicyclic amines) is 1. The van der Waals surface area contributed by atoms with Crippen LogP contribution in [0.2, 0.25) is 0 Å². The molecule has 3 aromatic carbocycles. The largest absolute Gasteiger partial charge is 0.385 e. The SMILES string of the molecule is O=C(Nc1cccc(NC(=O)N2CCC(O)(c3ccc(Br)cc3)CC2)c1)c1ccc(F)cc1. The number of benzene rings is 3. The fraction of sp³-hybridized carbons (Fsp3) is 0.200. The molecule has 170 valence electrons. The van der Waals surface area contributed by atoms with Gasteiger partial charge in [-0.2, -0.15) is 0 Å². The van der Waals surface area contributed by atoms with Gasteiger partial charge in [0.15, 0.2) is 0 Å². The molecular weight excluding hydrogens is 489 g/mol. The van der Waals surface area contributed by atoms with Gasteiger partial charge in [-0.25, -0.2) is 9.18 Å². The molecular formula is C25H23BrFN3O3. The van der Waals surface area contributed by atoms with Crippen molar-refractivity contribution in [3.05, 3.63) is 94.2 Å². The number of nitrogens with one attached hydrogen (secondary N) is 2. The first kappa shape index (κ1) is 22.9. The van der Waals surface area contributed by atoms with Crippen LogP contribution in [0.3, 0.4) is 0 Å². The van der Waals surface area contributed by atoms with Crippen LogP contribution in [0, 0.1) is 5.82 Å². The predicted molar refractivity (Wildman–Crippen MR) is 129 cm³/mol. The van der Waals surface area contributed by atoms with Crippen molar-refractivity contribution in [2.75, 3.05) is 23.7 Å². The Bertz CT molecular complexity index is 1140. The summed E-state index contributed by atoms with van der Waals surface area (Å²) >= 11 is 3.40. The number of carbonyl (C=O) groups excluding carboxylic acids is 2. The fourth-order valence-corrected chi connectivity index (χ4v) is 4.07. The molecule has 0 aliphatic carbocycles. The zero-order valence-corrected chi connectivity index (χ0v) is 19.3. The van der Waals surface area contributed by atoms with Crippen molar-refractivity contribution >= 4 is 39.2 Å². The number of aliphatic hydroxyl groups is 1. The van der Waals surface area contributed by atoms with Gasteiger partial charge in [-0.15, -0.1) is 0 Å². The van der Waals surface area contributed by atoms with E-state index >= 15 is 0 Å². The third-order valence-corrected chi connectivity index (χ3v) is 6.27. The summed E-state index contributed by atoms with van der Waals surface area (Å²) in [5.41, 5.74) is 1.26. The lowest BCUT2D eigenvalue weighted by Gasteiger charge is -2.38. The summed E-state index contributed by atoms with van der Waals surface area (Å²) in [6.45, 7) is 0.832. The molecule has 4 rings (SSSR count). The molecule has 1 aliphatic rings. The van der Waals surface area contributed by atoms with Crippen molar-refractivity contribution in [2.24, 2.45) is 0 Å². The number of piperidine rings is 1. The molecule has 33 heavy (non-hydrogen) atoms. The normalized spacial score (nSPS) is 15.1. The van der Waals surface area contributed by atoms with Gasteiger partial charge in [0.1, 0.15) is 5.82 Å². The van der Waals surface area contributed by atoms with E-state index in [1.165, 1.54) is 24.3 Å². The van der Waals surface area contributed by atoms with E-state index in [2.05, 4.69) is 26.6 Å². The second kappa shape index (κ2) is 9.72. The Hall–Kier alpha value is -3.23. The molecule has 1 aliphatic heterocycles. The lowest BCUT2D eigenvalue weighted by molar-refractivity contribution is -0.0157. The van der Waals surface area contributed by atoms with Crippen LogP contribution in [-0.2, 0) is 5.60 Å². The topological polar surface area (TPSA) is 81.7 Å². The van der Waals surface area contributed by atoms with Crippen LogP contribution < -0.4 is 10.6 Å². The van der Waals surface area contributed by atoms with Gasteiger partial charge in [-0.05, 0) is 73.0 Å². The highest BCUT2D eigenvalue weighted by atomic mass is 79.9. The molecule has 6 nitrogen and oxygen atoms in total. The summed E-state index contributed by atoms with van der Waals surface area (Å²) in [5, 5.41) is 16.6. The molecule has 1 fully saturated rings. The van der Waals surface area contributed by atoms with E-state index in [-0.39, 0.29) is 11.9 Å². The number of hydrogen-bond donors (Lipinski definition) is 3. The summed E-state index contributed by atoms with van der Waals surface area (Å²) in [5.74, 6) is -0.786. The zero-order valence-electron chi connectivity index (χ0n) is 17.7. The number of carbonyl (C=O) groups is 2. The Balaban J connectivity index is 1.35. The van der Waals surface area contributed by atoms with Crippen molar-refractivity contribution in [1.82, 2.24) is 4.90 Å². The monoisotopic (exact) mass is 511 g/mol. The van der Waals surface area contributed by atoms with E-state index in [1.807, 2.05) is 24.3 Å². The third-order valence-electron chi connectivity index (χ3n) is 5.74. The van der Waals surface area contributed by atoms with Crippen molar-refractivity contribution in [3.8, 4) is 0 Å². The highest BCUT2D eigenvalue weighted by Crippen LogP contribution is 2.33. The highest BCUT2D eigenvalue weighted by Gasteiger charge is 2.35. The molecule has 0 atom stereocenters. The van der Waals surface area contributed by atoms with Crippen LogP contribution in [0.5, 0.6) is 0 Å². The first-order valence-corrected chi connectivity index (χ1v) is 11.3. The molecule has 0 spiro atoms. The van der Waals surface area contributed by atoms with E-state index in [1.54, 1.807) is 29.2 Å². The minimum Gasteiger partial charge on any atom is -0.385 e. The Labute approximate surface area is 199 Å². The van der Waals surface area contributed by atoms with Gasteiger partial charge in [0.2, 0.25) is 0 Å². The Kier molecular flexibility index (Phi) is 6.76. The number of urea groups is 1. The summed E-state index contributed by atoms with van der Waals surface area (Å²) in [7, 11) is 0. The van der Waals surface area contributed by atoms with Crippen molar-refractivity contribution in [3.63, 3.8) is 0 Å². The lowest BCUT2D eigenvalue weighted by atomic mass is 9.84. The molecule has 0 aromatic heterocycles.